The van der Waals surface area contributed by atoms with Crippen LogP contribution in [0.1, 0.15) is 43.8 Å². The summed E-state index contributed by atoms with van der Waals surface area (Å²) in [7, 11) is 0. The number of fused-ring (bicyclic) bond motifs is 2. The van der Waals surface area contributed by atoms with Gasteiger partial charge in [-0.25, -0.2) is 4.79 Å². The van der Waals surface area contributed by atoms with Crippen LogP contribution >= 0.6 is 11.3 Å². The predicted molar refractivity (Wildman–Crippen MR) is 97.6 cm³/mol. The number of aryl methyl sites for hydroxylation is 1. The van der Waals surface area contributed by atoms with Crippen molar-refractivity contribution in [1.29, 1.82) is 0 Å². The molecule has 2 aromatic rings. The Bertz CT molecular complexity index is 854. The van der Waals surface area contributed by atoms with Crippen LogP contribution < -0.4 is 9.47 Å². The molecule has 26 heavy (non-hydrogen) atoms. The first-order valence-corrected chi connectivity index (χ1v) is 9.63. The summed E-state index contributed by atoms with van der Waals surface area (Å²) >= 11 is 1.49. The highest BCUT2D eigenvalue weighted by Gasteiger charge is 2.22. The second kappa shape index (κ2) is 7.11. The van der Waals surface area contributed by atoms with Crippen molar-refractivity contribution in [1.82, 2.24) is 0 Å². The molecule has 0 amide bonds. The molecule has 4 rings (SSSR count). The molecule has 0 saturated heterocycles. The molecule has 2 heterocycles. The lowest BCUT2D eigenvalue weighted by molar-refractivity contribution is 0.0479. The van der Waals surface area contributed by atoms with Crippen molar-refractivity contribution in [3.8, 4) is 11.5 Å². The number of rotatable bonds is 4. The van der Waals surface area contributed by atoms with Crippen LogP contribution in [0.15, 0.2) is 24.3 Å². The van der Waals surface area contributed by atoms with E-state index in [0.29, 0.717) is 41.1 Å². The molecule has 0 radical (unpaired) electrons. The van der Waals surface area contributed by atoms with E-state index in [1.165, 1.54) is 21.8 Å². The van der Waals surface area contributed by atoms with Crippen LogP contribution in [-0.2, 0) is 17.6 Å². The smallest absolute Gasteiger partial charge is 0.348 e. The average molecular weight is 372 g/mol. The number of hydrogen-bond donors (Lipinski definition) is 0. The largest absolute Gasteiger partial charge is 0.486 e. The maximum absolute atomic E-state index is 12.3. The van der Waals surface area contributed by atoms with E-state index in [1.54, 1.807) is 18.2 Å². The molecule has 2 aliphatic rings. The first kappa shape index (κ1) is 17.1. The second-order valence-corrected chi connectivity index (χ2v) is 7.90. The van der Waals surface area contributed by atoms with Gasteiger partial charge in [0.25, 0.3) is 0 Å². The lowest BCUT2D eigenvalue weighted by Gasteiger charge is -2.18. The van der Waals surface area contributed by atoms with Crippen LogP contribution in [0, 0.1) is 5.92 Å². The van der Waals surface area contributed by atoms with Crippen molar-refractivity contribution in [2.24, 2.45) is 5.92 Å². The predicted octanol–water partition coefficient (Wildman–Crippen LogP) is 3.68. The molecule has 0 unspecified atom stereocenters. The summed E-state index contributed by atoms with van der Waals surface area (Å²) in [5, 5.41) is 0. The van der Waals surface area contributed by atoms with Crippen molar-refractivity contribution >= 4 is 23.1 Å². The lowest BCUT2D eigenvalue weighted by Crippen LogP contribution is -2.17. The Kier molecular flexibility index (Phi) is 4.68. The number of ketones is 1. The molecule has 1 aliphatic carbocycles. The van der Waals surface area contributed by atoms with Gasteiger partial charge in [-0.05, 0) is 55.0 Å². The fourth-order valence-electron chi connectivity index (χ4n) is 3.31. The number of ether oxygens (including phenoxy) is 3. The van der Waals surface area contributed by atoms with E-state index >= 15 is 0 Å². The van der Waals surface area contributed by atoms with Gasteiger partial charge in [0, 0.05) is 10.4 Å². The molecular formula is C20H20O5S. The first-order chi connectivity index (χ1) is 12.6. The van der Waals surface area contributed by atoms with Crippen molar-refractivity contribution in [2.45, 2.75) is 26.2 Å². The van der Waals surface area contributed by atoms with Gasteiger partial charge in [0.2, 0.25) is 0 Å². The third-order valence-corrected chi connectivity index (χ3v) is 5.95. The van der Waals surface area contributed by atoms with E-state index in [4.69, 9.17) is 14.2 Å². The Morgan fingerprint density at radius 1 is 1.19 bits per heavy atom. The lowest BCUT2D eigenvalue weighted by atomic mass is 9.90. The topological polar surface area (TPSA) is 61.8 Å². The number of carbonyl (C=O) groups excluding carboxylic acids is 2. The number of esters is 1. The van der Waals surface area contributed by atoms with Crippen molar-refractivity contribution in [3.05, 3.63) is 45.1 Å². The Labute approximate surface area is 155 Å². The molecule has 136 valence electrons. The van der Waals surface area contributed by atoms with Gasteiger partial charge in [0.05, 0.1) is 0 Å². The molecule has 0 bridgehead atoms. The fourth-order valence-corrected chi connectivity index (χ4v) is 4.41. The maximum atomic E-state index is 12.3. The van der Waals surface area contributed by atoms with Crippen LogP contribution in [0.3, 0.4) is 0 Å². The molecule has 0 N–H and O–H groups in total. The van der Waals surface area contributed by atoms with Crippen molar-refractivity contribution < 1.29 is 23.8 Å². The van der Waals surface area contributed by atoms with Gasteiger partial charge in [-0.15, -0.1) is 11.3 Å². The highest BCUT2D eigenvalue weighted by atomic mass is 32.1. The van der Waals surface area contributed by atoms with Crippen molar-refractivity contribution in [2.75, 3.05) is 19.8 Å². The molecule has 1 atom stereocenters. The van der Waals surface area contributed by atoms with E-state index in [0.717, 1.165) is 19.3 Å². The third kappa shape index (κ3) is 3.46. The molecule has 1 aromatic heterocycles. The summed E-state index contributed by atoms with van der Waals surface area (Å²) in [5.74, 6) is 1.14. The number of hydrogen-bond acceptors (Lipinski definition) is 6. The molecule has 5 nitrogen and oxygen atoms in total. The number of thiophene rings is 1. The summed E-state index contributed by atoms with van der Waals surface area (Å²) in [6.45, 7) is 2.91. The van der Waals surface area contributed by atoms with Crippen LogP contribution in [-0.4, -0.2) is 31.6 Å². The highest BCUT2D eigenvalue weighted by Crippen LogP contribution is 2.33. The molecule has 0 fully saturated rings. The number of carbonyl (C=O) groups is 2. The minimum atomic E-state index is -0.428. The fraction of sp³-hybridized carbons (Fsp3) is 0.400. The molecule has 6 heteroatoms. The van der Waals surface area contributed by atoms with Gasteiger partial charge in [-0.2, -0.15) is 0 Å². The molecule has 1 aliphatic heterocycles. The summed E-state index contributed by atoms with van der Waals surface area (Å²) < 4.78 is 16.2. The number of Topliss-reactive ketones (excluding diaryl/α,β-unsaturated/α-hetero) is 1. The Hall–Kier alpha value is -2.34. The summed E-state index contributed by atoms with van der Waals surface area (Å²) in [6.07, 6.45) is 3.18. The zero-order valence-electron chi connectivity index (χ0n) is 14.6. The SMILES string of the molecule is C[C@H]1CCc2sc(C(=O)OCC(=O)c3ccc4c(c3)OCCO4)cc2C1. The van der Waals surface area contributed by atoms with Gasteiger partial charge in [0.1, 0.15) is 18.1 Å². The Morgan fingerprint density at radius 2 is 2.00 bits per heavy atom. The van der Waals surface area contributed by atoms with Gasteiger partial charge >= 0.3 is 5.97 Å². The standard InChI is InChI=1S/C20H20O5S/c1-12-2-5-18-14(8-12)10-19(26-18)20(22)25-11-15(21)13-3-4-16-17(9-13)24-7-6-23-16/h3-4,9-10,12H,2,5-8,11H2,1H3/t12-/m0/s1. The Morgan fingerprint density at radius 3 is 2.85 bits per heavy atom. The van der Waals surface area contributed by atoms with E-state index in [1.807, 2.05) is 6.07 Å². The average Bonchev–Trinajstić information content (AvgIpc) is 3.08. The van der Waals surface area contributed by atoms with E-state index in [-0.39, 0.29) is 12.4 Å². The van der Waals surface area contributed by atoms with Gasteiger partial charge in [-0.1, -0.05) is 6.92 Å². The second-order valence-electron chi connectivity index (χ2n) is 6.76. The highest BCUT2D eigenvalue weighted by molar-refractivity contribution is 7.14. The van der Waals surface area contributed by atoms with Crippen LogP contribution in [0.4, 0.5) is 0 Å². The maximum Gasteiger partial charge on any atom is 0.348 e. The minimum absolute atomic E-state index is 0.259. The van der Waals surface area contributed by atoms with E-state index in [9.17, 15) is 9.59 Å². The number of benzene rings is 1. The Balaban J connectivity index is 1.39. The monoisotopic (exact) mass is 372 g/mol. The zero-order chi connectivity index (χ0) is 18.1. The normalized spacial score (nSPS) is 18.1. The van der Waals surface area contributed by atoms with Gasteiger partial charge < -0.3 is 14.2 Å². The zero-order valence-corrected chi connectivity index (χ0v) is 15.4. The quantitative estimate of drug-likeness (QED) is 0.605. The van der Waals surface area contributed by atoms with Crippen LogP contribution in [0.5, 0.6) is 11.5 Å². The molecule has 1 aromatic carbocycles. The third-order valence-electron chi connectivity index (χ3n) is 4.73. The van der Waals surface area contributed by atoms with Crippen LogP contribution in [0.25, 0.3) is 0 Å². The van der Waals surface area contributed by atoms with Gasteiger partial charge in [0.15, 0.2) is 23.9 Å². The van der Waals surface area contributed by atoms with Gasteiger partial charge in [-0.3, -0.25) is 4.79 Å². The summed E-state index contributed by atoms with van der Waals surface area (Å²) in [6, 6.07) is 6.93. The van der Waals surface area contributed by atoms with Crippen molar-refractivity contribution in [3.63, 3.8) is 0 Å². The minimum Gasteiger partial charge on any atom is -0.486 e. The summed E-state index contributed by atoms with van der Waals surface area (Å²) in [4.78, 5) is 26.5. The molecular weight excluding hydrogens is 352 g/mol. The van der Waals surface area contributed by atoms with Crippen LogP contribution in [0.2, 0.25) is 0 Å². The first-order valence-electron chi connectivity index (χ1n) is 8.81. The molecule has 0 spiro atoms. The van der Waals surface area contributed by atoms with E-state index < -0.39 is 5.97 Å². The molecule has 0 saturated carbocycles. The van der Waals surface area contributed by atoms with E-state index in [2.05, 4.69) is 6.92 Å². The summed E-state index contributed by atoms with van der Waals surface area (Å²) in [5.41, 5.74) is 1.69.